The maximum Gasteiger partial charge on any atom is 0.364 e. The first kappa shape index (κ1) is 96.5. The van der Waals surface area contributed by atoms with E-state index >= 15 is 0 Å². The Morgan fingerprint density at radius 1 is 0.368 bits per heavy atom. The molecular formula is C65H108N4O48. The Balaban J connectivity index is 1.00. The van der Waals surface area contributed by atoms with Crippen molar-refractivity contribution in [1.82, 2.24) is 21.3 Å². The summed E-state index contributed by atoms with van der Waals surface area (Å²) < 4.78 is 99.9. The summed E-state index contributed by atoms with van der Waals surface area (Å²) in [5, 5.41) is 298. The quantitative estimate of drug-likeness (QED) is 0.0306. The van der Waals surface area contributed by atoms with Gasteiger partial charge in [-0.1, -0.05) is 0 Å². The Labute approximate surface area is 662 Å². The standard InChI is InChI=1S/C65H108N4O48/c1-15-33(82)42(91)45(94)59(103-15)102-14-28-51(39(88)30(56(98)104-28)67-17(3)77)111-57-31(68-18(4)78)40(89)49(25(11-74)108-57)112-61-47(96)53(38(87)27(110-61)13-101-60-46(95)43(92)35(84)22(8-71)105-60)114-63-55(44(93)36(85)23(9-72)107-63)115-58-32(69-19(5)79)41(90)50(26(12-75)109-58)113-62-48(97)54(37(86)24(10-73)106-62)117-65(64(99)100)6-20(80)29(66-16(2)76)52(116-65)34(83)21(81)7-70/h15,20-63,70-75,80-98H,6-14H2,1-5H3,(H,66,76)(H,67,77)(H,68,78)(H,69,79)(H,99,100)/t15-,20+,21-,22-,23-,24-,25-,26-,27-,28-,29-,30-,31-,32-,33+,34-,35-,36-,37+,38-,39-,40-,41-,42+,43+,44+,45-,46+,47+,48-,49-,50-,51-,52-,53+,54+,55+,56+,57+,58+,59+,60+,61+,62+,63-,65+/m1/s1. The number of carbonyl (C=O) groups is 5. The Morgan fingerprint density at radius 3 is 1.24 bits per heavy atom. The Kier molecular flexibility index (Phi) is 34.2. The highest BCUT2D eigenvalue weighted by atomic mass is 16.8. The maximum atomic E-state index is 13.2. The van der Waals surface area contributed by atoms with E-state index in [9.17, 15) is 157 Å². The van der Waals surface area contributed by atoms with Gasteiger partial charge in [-0.2, -0.15) is 0 Å². The molecule has 9 fully saturated rings. The minimum absolute atomic E-state index is 0.829. The van der Waals surface area contributed by atoms with Crippen LogP contribution < -0.4 is 21.3 Å². The highest BCUT2D eigenvalue weighted by Gasteiger charge is 2.63. The summed E-state index contributed by atoms with van der Waals surface area (Å²) in [5.74, 6) is -9.15. The number of aliphatic hydroxyl groups is 25. The van der Waals surface area contributed by atoms with Gasteiger partial charge in [0.15, 0.2) is 50.3 Å². The summed E-state index contributed by atoms with van der Waals surface area (Å²) >= 11 is 0. The second-order valence-electron chi connectivity index (χ2n) is 29.6. The second-order valence-corrected chi connectivity index (χ2v) is 29.6. The largest absolute Gasteiger partial charge is 0.477 e. The number of aliphatic carboxylic acids is 1. The molecule has 0 aromatic rings. The number of amides is 4. The van der Waals surface area contributed by atoms with Crippen molar-refractivity contribution in [3.8, 4) is 0 Å². The minimum Gasteiger partial charge on any atom is -0.477 e. The lowest BCUT2D eigenvalue weighted by Gasteiger charge is -2.51. The molecule has 4 amide bonds. The second kappa shape index (κ2) is 41.4. The Bertz CT molecular complexity index is 3190. The molecule has 0 saturated carbocycles. The van der Waals surface area contributed by atoms with Crippen LogP contribution in [-0.2, 0) is 104 Å². The van der Waals surface area contributed by atoms with Gasteiger partial charge in [-0.3, -0.25) is 19.2 Å². The van der Waals surface area contributed by atoms with E-state index in [0.29, 0.717) is 0 Å². The molecule has 0 aromatic carbocycles. The molecule has 52 nitrogen and oxygen atoms in total. The summed E-state index contributed by atoms with van der Waals surface area (Å²) in [7, 11) is 0. The predicted molar refractivity (Wildman–Crippen MR) is 359 cm³/mol. The van der Waals surface area contributed by atoms with Crippen LogP contribution in [0.25, 0.3) is 0 Å². The molecule has 9 aliphatic heterocycles. The molecule has 0 radical (unpaired) electrons. The molecule has 30 N–H and O–H groups in total. The van der Waals surface area contributed by atoms with E-state index in [1.165, 1.54) is 6.92 Å². The molecule has 0 unspecified atom stereocenters. The first-order chi connectivity index (χ1) is 55.1. The molecule has 117 heavy (non-hydrogen) atoms. The van der Waals surface area contributed by atoms with Gasteiger partial charge in [0.2, 0.25) is 23.6 Å². The van der Waals surface area contributed by atoms with Crippen LogP contribution in [-0.4, -0.2) is 497 Å². The first-order valence-corrected chi connectivity index (χ1v) is 37.1. The molecule has 9 heterocycles. The molecule has 9 rings (SSSR count). The van der Waals surface area contributed by atoms with Crippen LogP contribution in [0.1, 0.15) is 41.0 Å². The van der Waals surface area contributed by atoms with Crippen molar-refractivity contribution in [1.29, 1.82) is 0 Å². The number of hydrogen-bond acceptors (Lipinski definition) is 47. The molecule has 0 bridgehead atoms. The summed E-state index contributed by atoms with van der Waals surface area (Å²) in [6.45, 7) is -3.95. The number of aliphatic hydroxyl groups excluding tert-OH is 25. The third kappa shape index (κ3) is 21.4. The first-order valence-electron chi connectivity index (χ1n) is 37.1. The van der Waals surface area contributed by atoms with E-state index in [4.69, 9.17) is 80.5 Å². The van der Waals surface area contributed by atoms with Crippen LogP contribution in [0.15, 0.2) is 0 Å². The molecule has 0 aliphatic carbocycles. The van der Waals surface area contributed by atoms with Crippen molar-refractivity contribution in [3.63, 3.8) is 0 Å². The van der Waals surface area contributed by atoms with Gasteiger partial charge in [-0.15, -0.1) is 0 Å². The molecule has 46 atom stereocenters. The third-order valence-electron chi connectivity index (χ3n) is 21.3. The van der Waals surface area contributed by atoms with Gasteiger partial charge in [0.25, 0.3) is 5.79 Å². The highest BCUT2D eigenvalue weighted by molar-refractivity contribution is 5.77. The van der Waals surface area contributed by atoms with Crippen molar-refractivity contribution in [2.45, 2.75) is 323 Å². The molecule has 0 aromatic heterocycles. The predicted octanol–water partition coefficient (Wildman–Crippen LogP) is -19.8. The molecule has 9 aliphatic rings. The molecular weight excluding hydrogens is 1600 g/mol. The monoisotopic (exact) mass is 1710 g/mol. The van der Waals surface area contributed by atoms with Gasteiger partial charge >= 0.3 is 5.97 Å². The highest BCUT2D eigenvalue weighted by Crippen LogP contribution is 2.42. The van der Waals surface area contributed by atoms with Crippen molar-refractivity contribution in [2.24, 2.45) is 0 Å². The zero-order valence-corrected chi connectivity index (χ0v) is 63.0. The van der Waals surface area contributed by atoms with E-state index in [-0.39, 0.29) is 0 Å². The fourth-order valence-electron chi connectivity index (χ4n) is 15.0. The Hall–Kier alpha value is -4.33. The summed E-state index contributed by atoms with van der Waals surface area (Å²) in [6, 6.07) is -7.54. The minimum atomic E-state index is -3.30. The van der Waals surface area contributed by atoms with Gasteiger partial charge in [0.05, 0.1) is 71.1 Å². The summed E-state index contributed by atoms with van der Waals surface area (Å²) in [4.78, 5) is 64.1. The number of ether oxygens (including phenoxy) is 17. The normalized spacial score (nSPS) is 47.9. The van der Waals surface area contributed by atoms with E-state index in [2.05, 4.69) is 21.3 Å². The fraction of sp³-hybridized carbons (Fsp3) is 0.923. The van der Waals surface area contributed by atoms with E-state index in [1.54, 1.807) is 0 Å². The lowest BCUT2D eigenvalue weighted by Crippen LogP contribution is -2.71. The van der Waals surface area contributed by atoms with Crippen LogP contribution in [0.4, 0.5) is 0 Å². The van der Waals surface area contributed by atoms with E-state index in [0.717, 1.165) is 27.7 Å². The maximum absolute atomic E-state index is 13.2. The molecule has 676 valence electrons. The van der Waals surface area contributed by atoms with Gasteiger partial charge in [-0.25, -0.2) is 4.79 Å². The topological polar surface area (TPSA) is 816 Å². The van der Waals surface area contributed by atoms with Gasteiger partial charge in [0, 0.05) is 34.1 Å². The number of nitrogens with one attached hydrogen (secondary N) is 4. The van der Waals surface area contributed by atoms with Crippen molar-refractivity contribution < 1.29 is 237 Å². The molecule has 0 spiro atoms. The van der Waals surface area contributed by atoms with Gasteiger partial charge < -0.3 is 235 Å². The number of hydrogen-bond donors (Lipinski definition) is 30. The zero-order valence-electron chi connectivity index (χ0n) is 63.0. The SMILES string of the molecule is CC(=O)N[C@@H]1[C@@H](O)[C@H](O[C@@H]2O[C@H](CO)[C@@H](O[C@@H]3O[C@H](CO[C@H]4O[C@H](CO)[C@@H](O)[C@H](O)[C@@H]4O)[C@@H](O)[C@H](O[C@H]4O[C@H](CO)[C@@H](O)[C@H](O)[C@@H]4O[C@@H]4O[C@H](CO)[C@@H](O[C@@H]5O[C@H](CO)[C@H](O)[C@H](O[C@]6(C(=O)O)C[C@H](O)[C@@H](NC(C)=O)[C@H]([C@H](O)[C@H](O)CO)O6)[C@H]5O)[C@H](O)[C@H]4NC(C)=O)[C@@H]3O)[C@H](O)[C@H]2NC(C)=O)[C@@H](CO[C@H]2O[C@H](C)[C@H](O)[C@H](O)[C@H]2O)O[C@@H]1O. The summed E-state index contributed by atoms with van der Waals surface area (Å²) in [5.41, 5.74) is 0. The lowest BCUT2D eigenvalue weighted by molar-refractivity contribution is -0.400. The summed E-state index contributed by atoms with van der Waals surface area (Å²) in [6.07, 6.45) is -88.0. The van der Waals surface area contributed by atoms with Crippen molar-refractivity contribution >= 4 is 29.6 Å². The average molecular weight is 1710 g/mol. The Morgan fingerprint density at radius 2 is 0.744 bits per heavy atom. The van der Waals surface area contributed by atoms with Crippen LogP contribution in [0, 0.1) is 0 Å². The number of carbonyl (C=O) groups excluding carboxylic acids is 4. The van der Waals surface area contributed by atoms with Gasteiger partial charge in [-0.05, 0) is 6.92 Å². The lowest BCUT2D eigenvalue weighted by atomic mass is 9.88. The van der Waals surface area contributed by atoms with Crippen LogP contribution in [0.5, 0.6) is 0 Å². The van der Waals surface area contributed by atoms with Crippen molar-refractivity contribution in [2.75, 3.05) is 52.9 Å². The smallest absolute Gasteiger partial charge is 0.364 e. The molecule has 9 saturated heterocycles. The third-order valence-corrected chi connectivity index (χ3v) is 21.3. The van der Waals surface area contributed by atoms with Crippen LogP contribution in [0.3, 0.4) is 0 Å². The fourth-order valence-corrected chi connectivity index (χ4v) is 15.0. The van der Waals surface area contributed by atoms with E-state index in [1.807, 2.05) is 0 Å². The number of carboxylic acids is 1. The number of carboxylic acid groups (broad SMARTS) is 1. The zero-order chi connectivity index (χ0) is 86.6. The van der Waals surface area contributed by atoms with E-state index < -0.39 is 371 Å². The van der Waals surface area contributed by atoms with Crippen molar-refractivity contribution in [3.05, 3.63) is 0 Å². The average Bonchev–Trinajstić information content (AvgIpc) is 0.756. The van der Waals surface area contributed by atoms with Crippen LogP contribution in [0.2, 0.25) is 0 Å². The van der Waals surface area contributed by atoms with Crippen LogP contribution >= 0.6 is 0 Å². The molecule has 52 heteroatoms. The van der Waals surface area contributed by atoms with Gasteiger partial charge in [0.1, 0.15) is 207 Å². The number of rotatable bonds is 31.